The van der Waals surface area contributed by atoms with E-state index in [1.165, 1.54) is 50.5 Å². The van der Waals surface area contributed by atoms with Crippen molar-refractivity contribution in [2.45, 2.75) is 79.6 Å². The Bertz CT molecular complexity index is 458. The van der Waals surface area contributed by atoms with Crippen LogP contribution in [0.25, 0.3) is 0 Å². The zero-order valence-electron chi connectivity index (χ0n) is 14.2. The summed E-state index contributed by atoms with van der Waals surface area (Å²) in [6.07, 6.45) is 12.5. The van der Waals surface area contributed by atoms with E-state index in [1.807, 2.05) is 0 Å². The van der Waals surface area contributed by atoms with Gasteiger partial charge in [-0.05, 0) is 80.6 Å². The Labute approximate surface area is 125 Å². The predicted octanol–water partition coefficient (Wildman–Crippen LogP) is 6.29. The molecule has 0 aromatic carbocycles. The molecule has 0 heterocycles. The van der Waals surface area contributed by atoms with Gasteiger partial charge in [0.1, 0.15) is 0 Å². The van der Waals surface area contributed by atoms with Gasteiger partial charge >= 0.3 is 0 Å². The summed E-state index contributed by atoms with van der Waals surface area (Å²) in [6.45, 7) is 12.3. The van der Waals surface area contributed by atoms with Crippen molar-refractivity contribution in [3.63, 3.8) is 0 Å². The molecule has 0 radical (unpaired) electrons. The number of allylic oxidation sites excluding steroid dienone is 4. The van der Waals surface area contributed by atoms with Crippen molar-refractivity contribution in [3.05, 3.63) is 22.8 Å². The fourth-order valence-corrected chi connectivity index (χ4v) is 5.89. The maximum absolute atomic E-state index is 2.63. The van der Waals surface area contributed by atoms with Crippen molar-refractivity contribution in [1.82, 2.24) is 0 Å². The van der Waals surface area contributed by atoms with Gasteiger partial charge in [0.25, 0.3) is 0 Å². The zero-order chi connectivity index (χ0) is 14.5. The first kappa shape index (κ1) is 14.4. The molecule has 0 nitrogen and oxygen atoms in total. The first-order chi connectivity index (χ1) is 9.34. The van der Waals surface area contributed by atoms with E-state index in [2.05, 4.69) is 40.7 Å². The molecule has 2 fully saturated rings. The third-order valence-electron chi connectivity index (χ3n) is 6.95. The van der Waals surface area contributed by atoms with Gasteiger partial charge in [-0.25, -0.2) is 0 Å². The summed E-state index contributed by atoms with van der Waals surface area (Å²) in [5, 5.41) is 0. The van der Waals surface area contributed by atoms with Crippen LogP contribution >= 0.6 is 0 Å². The van der Waals surface area contributed by atoms with Crippen LogP contribution in [-0.4, -0.2) is 0 Å². The maximum atomic E-state index is 2.63. The Balaban J connectivity index is 1.97. The van der Waals surface area contributed by atoms with Crippen LogP contribution in [0.3, 0.4) is 0 Å². The van der Waals surface area contributed by atoms with E-state index in [0.717, 1.165) is 11.8 Å². The molecule has 0 saturated heterocycles. The highest BCUT2D eigenvalue weighted by molar-refractivity contribution is 5.34. The monoisotopic (exact) mass is 272 g/mol. The van der Waals surface area contributed by atoms with Crippen LogP contribution in [0.2, 0.25) is 0 Å². The third kappa shape index (κ3) is 2.11. The van der Waals surface area contributed by atoms with Gasteiger partial charge in [0, 0.05) is 0 Å². The van der Waals surface area contributed by atoms with E-state index in [-0.39, 0.29) is 0 Å². The summed E-state index contributed by atoms with van der Waals surface area (Å²) in [5.41, 5.74) is 6.11. The average Bonchev–Trinajstić information content (AvgIpc) is 2.37. The molecular weight excluding hydrogens is 240 g/mol. The lowest BCUT2D eigenvalue weighted by Gasteiger charge is -2.59. The maximum Gasteiger partial charge on any atom is -0.0140 e. The molecule has 0 amide bonds. The van der Waals surface area contributed by atoms with Gasteiger partial charge in [0.05, 0.1) is 0 Å². The van der Waals surface area contributed by atoms with Crippen LogP contribution in [-0.2, 0) is 0 Å². The summed E-state index contributed by atoms with van der Waals surface area (Å²) in [5.74, 6) is 1.82. The Morgan fingerprint density at radius 3 is 2.50 bits per heavy atom. The van der Waals surface area contributed by atoms with E-state index < -0.39 is 0 Å². The summed E-state index contributed by atoms with van der Waals surface area (Å²) in [4.78, 5) is 0. The lowest BCUT2D eigenvalue weighted by molar-refractivity contribution is -0.0551. The molecule has 0 N–H and O–H groups in total. The summed E-state index contributed by atoms with van der Waals surface area (Å²) in [7, 11) is 0. The number of hydrogen-bond donors (Lipinski definition) is 0. The highest BCUT2D eigenvalue weighted by Crippen LogP contribution is 2.62. The minimum atomic E-state index is 0.565. The molecule has 3 rings (SSSR count). The van der Waals surface area contributed by atoms with E-state index in [1.54, 1.807) is 11.1 Å². The van der Waals surface area contributed by atoms with Crippen molar-refractivity contribution in [3.8, 4) is 0 Å². The SMILES string of the molecule is CC(C)=C1C=C2CCC3C(C)(C)CCCC3(C)C2CC1. The van der Waals surface area contributed by atoms with Crippen LogP contribution in [0, 0.1) is 22.7 Å². The van der Waals surface area contributed by atoms with Crippen LogP contribution < -0.4 is 0 Å². The average molecular weight is 272 g/mol. The molecule has 0 aromatic heterocycles. The van der Waals surface area contributed by atoms with Crippen molar-refractivity contribution in [1.29, 1.82) is 0 Å². The molecule has 3 atom stereocenters. The van der Waals surface area contributed by atoms with Crippen molar-refractivity contribution >= 4 is 0 Å². The predicted molar refractivity (Wildman–Crippen MR) is 87.6 cm³/mol. The number of hydrogen-bond acceptors (Lipinski definition) is 0. The van der Waals surface area contributed by atoms with Gasteiger partial charge in [-0.1, -0.05) is 44.4 Å². The fourth-order valence-electron chi connectivity index (χ4n) is 5.89. The molecule has 0 bridgehead atoms. The molecule has 3 aliphatic carbocycles. The van der Waals surface area contributed by atoms with E-state index in [4.69, 9.17) is 0 Å². The molecule has 2 saturated carbocycles. The lowest BCUT2D eigenvalue weighted by atomic mass is 9.46. The third-order valence-corrected chi connectivity index (χ3v) is 6.95. The van der Waals surface area contributed by atoms with Gasteiger partial charge < -0.3 is 0 Å². The molecule has 0 aromatic rings. The second kappa shape index (κ2) is 4.75. The minimum absolute atomic E-state index is 0.565. The molecule has 20 heavy (non-hydrogen) atoms. The van der Waals surface area contributed by atoms with Crippen LogP contribution in [0.5, 0.6) is 0 Å². The van der Waals surface area contributed by atoms with E-state index in [9.17, 15) is 0 Å². The normalized spacial score (nSPS) is 39.6. The van der Waals surface area contributed by atoms with Gasteiger partial charge in [-0.2, -0.15) is 0 Å². The largest absolute Gasteiger partial charge is 0.0732 e. The quantitative estimate of drug-likeness (QED) is 0.486. The van der Waals surface area contributed by atoms with Crippen molar-refractivity contribution in [2.24, 2.45) is 22.7 Å². The zero-order valence-corrected chi connectivity index (χ0v) is 14.2. The molecular formula is C20H32. The van der Waals surface area contributed by atoms with E-state index in [0.29, 0.717) is 10.8 Å². The summed E-state index contributed by atoms with van der Waals surface area (Å²) in [6, 6.07) is 0. The Kier molecular flexibility index (Phi) is 3.42. The molecule has 0 aliphatic heterocycles. The molecule has 3 aliphatic rings. The first-order valence-electron chi connectivity index (χ1n) is 8.71. The smallest absolute Gasteiger partial charge is 0.0140 e. The second-order valence-corrected chi connectivity index (χ2v) is 8.77. The van der Waals surface area contributed by atoms with Gasteiger partial charge in [0.15, 0.2) is 0 Å². The summed E-state index contributed by atoms with van der Waals surface area (Å²) >= 11 is 0. The standard InChI is InChI=1S/C20H32/c1-14(2)15-7-9-17-16(13-15)8-10-18-19(3,4)11-6-12-20(17,18)5/h13,17-18H,6-12H2,1-5H3. The Morgan fingerprint density at radius 2 is 1.80 bits per heavy atom. The Morgan fingerprint density at radius 1 is 1.05 bits per heavy atom. The highest BCUT2D eigenvalue weighted by atomic mass is 14.6. The number of rotatable bonds is 0. The van der Waals surface area contributed by atoms with Gasteiger partial charge in [0.2, 0.25) is 0 Å². The second-order valence-electron chi connectivity index (χ2n) is 8.77. The summed E-state index contributed by atoms with van der Waals surface area (Å²) < 4.78 is 0. The van der Waals surface area contributed by atoms with Crippen LogP contribution in [0.1, 0.15) is 79.6 Å². The van der Waals surface area contributed by atoms with Crippen LogP contribution in [0.15, 0.2) is 22.8 Å². The highest BCUT2D eigenvalue weighted by Gasteiger charge is 2.53. The van der Waals surface area contributed by atoms with Crippen molar-refractivity contribution < 1.29 is 0 Å². The van der Waals surface area contributed by atoms with Gasteiger partial charge in [-0.3, -0.25) is 0 Å². The molecule has 3 unspecified atom stereocenters. The molecule has 112 valence electrons. The lowest BCUT2D eigenvalue weighted by Crippen LogP contribution is -2.50. The molecule has 0 heteroatoms. The topological polar surface area (TPSA) is 0 Å². The minimum Gasteiger partial charge on any atom is -0.0732 e. The van der Waals surface area contributed by atoms with Crippen LogP contribution in [0.4, 0.5) is 0 Å². The number of fused-ring (bicyclic) bond motifs is 3. The molecule has 0 spiro atoms. The first-order valence-corrected chi connectivity index (χ1v) is 8.71. The Hall–Kier alpha value is -0.520. The van der Waals surface area contributed by atoms with E-state index >= 15 is 0 Å². The fraction of sp³-hybridized carbons (Fsp3) is 0.800. The van der Waals surface area contributed by atoms with Gasteiger partial charge in [-0.15, -0.1) is 0 Å². The van der Waals surface area contributed by atoms with Crippen molar-refractivity contribution in [2.75, 3.05) is 0 Å².